The summed E-state index contributed by atoms with van der Waals surface area (Å²) in [4.78, 5) is 3.92. The number of rotatable bonds is 1. The molecule has 0 saturated carbocycles. The molecule has 0 aliphatic carbocycles. The first kappa shape index (κ1) is 9.58. The van der Waals surface area contributed by atoms with Crippen molar-refractivity contribution in [2.24, 2.45) is 4.99 Å². The second-order valence-corrected chi connectivity index (χ2v) is 2.92. The zero-order valence-electron chi connectivity index (χ0n) is 7.63. The van der Waals surface area contributed by atoms with Crippen molar-refractivity contribution < 1.29 is 4.39 Å². The summed E-state index contributed by atoms with van der Waals surface area (Å²) in [5.74, 6) is -0.245. The van der Waals surface area contributed by atoms with E-state index in [9.17, 15) is 4.39 Å². The molecule has 1 aromatic carbocycles. The second-order valence-electron chi connectivity index (χ2n) is 2.92. The molecule has 2 nitrogen and oxygen atoms in total. The molecule has 1 rings (SSSR count). The number of aliphatic imine (C=N–C) groups is 1. The normalized spacial score (nSPS) is 9.46. The van der Waals surface area contributed by atoms with E-state index in [-0.39, 0.29) is 11.7 Å². The van der Waals surface area contributed by atoms with Gasteiger partial charge in [-0.05, 0) is 26.0 Å². The van der Waals surface area contributed by atoms with Crippen LogP contribution in [-0.4, -0.2) is 11.5 Å². The minimum Gasteiger partial charge on any atom is -0.282 e. The molecule has 0 aromatic heterocycles. The molecule has 0 unspecified atom stereocenters. The van der Waals surface area contributed by atoms with Gasteiger partial charge in [0.1, 0.15) is 5.82 Å². The molecule has 0 heterocycles. The Balaban J connectivity index is 2.96. The molecule has 1 N–H and O–H groups in total. The second kappa shape index (κ2) is 3.94. The van der Waals surface area contributed by atoms with E-state index in [0.29, 0.717) is 5.56 Å². The third-order valence-electron chi connectivity index (χ3n) is 1.43. The van der Waals surface area contributed by atoms with E-state index in [2.05, 4.69) is 4.99 Å². The maximum Gasteiger partial charge on any atom is 0.151 e. The Kier molecular flexibility index (Phi) is 2.90. The van der Waals surface area contributed by atoms with E-state index in [1.165, 1.54) is 12.1 Å². The van der Waals surface area contributed by atoms with Crippen molar-refractivity contribution in [3.8, 4) is 0 Å². The van der Waals surface area contributed by atoms with Crippen LogP contribution < -0.4 is 0 Å². The van der Waals surface area contributed by atoms with Crippen molar-refractivity contribution >= 4 is 11.5 Å². The summed E-state index contributed by atoms with van der Waals surface area (Å²) in [6, 6.07) is 5.88. The number of hydrogen-bond acceptors (Lipinski definition) is 1. The zero-order valence-corrected chi connectivity index (χ0v) is 7.63. The van der Waals surface area contributed by atoms with E-state index in [4.69, 9.17) is 5.41 Å². The molecule has 0 bridgehead atoms. The molecule has 0 spiro atoms. The molecule has 0 atom stereocenters. The molecule has 1 aromatic rings. The number of halogens is 1. The fraction of sp³-hybridized carbons (Fsp3) is 0.200. The van der Waals surface area contributed by atoms with E-state index in [1.807, 2.05) is 0 Å². The minimum atomic E-state index is -0.341. The van der Waals surface area contributed by atoms with Crippen molar-refractivity contribution in [2.75, 3.05) is 0 Å². The molecule has 3 heteroatoms. The lowest BCUT2D eigenvalue weighted by atomic mass is 10.2. The fourth-order valence-corrected chi connectivity index (χ4v) is 0.924. The molecule has 13 heavy (non-hydrogen) atoms. The third-order valence-corrected chi connectivity index (χ3v) is 1.43. The quantitative estimate of drug-likeness (QED) is 0.507. The van der Waals surface area contributed by atoms with E-state index < -0.39 is 0 Å². The van der Waals surface area contributed by atoms with Crippen molar-refractivity contribution in [2.45, 2.75) is 13.8 Å². The van der Waals surface area contributed by atoms with Gasteiger partial charge < -0.3 is 0 Å². The number of amidine groups is 1. The van der Waals surface area contributed by atoms with Gasteiger partial charge in [0.25, 0.3) is 0 Å². The topological polar surface area (TPSA) is 36.2 Å². The Morgan fingerprint density at radius 3 is 2.62 bits per heavy atom. The molecule has 0 aliphatic heterocycles. The standard InChI is InChI=1S/C10H11FN2/c1-7(2)13-10(12)8-4-3-5-9(11)6-8/h3-6,12H,1-2H3. The Bertz CT molecular complexity index is 352. The van der Waals surface area contributed by atoms with Crippen LogP contribution in [0.4, 0.5) is 4.39 Å². The predicted molar refractivity (Wildman–Crippen MR) is 52.0 cm³/mol. The Morgan fingerprint density at radius 2 is 2.08 bits per heavy atom. The molecule has 0 fully saturated rings. The molecule has 0 amide bonds. The van der Waals surface area contributed by atoms with Crippen LogP contribution >= 0.6 is 0 Å². The van der Waals surface area contributed by atoms with Crippen LogP contribution in [0.1, 0.15) is 19.4 Å². The van der Waals surface area contributed by atoms with Crippen molar-refractivity contribution in [3.05, 3.63) is 35.6 Å². The van der Waals surface area contributed by atoms with Gasteiger partial charge in [-0.2, -0.15) is 0 Å². The summed E-state index contributed by atoms with van der Waals surface area (Å²) in [6.07, 6.45) is 0. The van der Waals surface area contributed by atoms with Crippen LogP contribution in [-0.2, 0) is 0 Å². The van der Waals surface area contributed by atoms with Gasteiger partial charge in [0.2, 0.25) is 0 Å². The van der Waals surface area contributed by atoms with Gasteiger partial charge in [-0.15, -0.1) is 0 Å². The first-order valence-corrected chi connectivity index (χ1v) is 3.96. The third kappa shape index (κ3) is 2.78. The summed E-state index contributed by atoms with van der Waals surface area (Å²) < 4.78 is 12.7. The van der Waals surface area contributed by atoms with Gasteiger partial charge in [-0.1, -0.05) is 12.1 Å². The minimum absolute atomic E-state index is 0.0968. The lowest BCUT2D eigenvalue weighted by Crippen LogP contribution is -1.98. The van der Waals surface area contributed by atoms with Crippen molar-refractivity contribution in [3.63, 3.8) is 0 Å². The van der Waals surface area contributed by atoms with Crippen LogP contribution in [0.15, 0.2) is 29.3 Å². The fourth-order valence-electron chi connectivity index (χ4n) is 0.924. The molecular formula is C10H11FN2. The summed E-state index contributed by atoms with van der Waals surface area (Å²) in [5, 5.41) is 7.50. The van der Waals surface area contributed by atoms with Gasteiger partial charge in [-0.3, -0.25) is 5.41 Å². The number of hydrogen-bond donors (Lipinski definition) is 1. The molecule has 0 radical (unpaired) electrons. The van der Waals surface area contributed by atoms with Crippen molar-refractivity contribution in [1.29, 1.82) is 5.41 Å². The molecular weight excluding hydrogens is 167 g/mol. The van der Waals surface area contributed by atoms with Crippen LogP contribution in [0.2, 0.25) is 0 Å². The zero-order chi connectivity index (χ0) is 9.84. The average molecular weight is 178 g/mol. The highest BCUT2D eigenvalue weighted by Crippen LogP contribution is 2.04. The summed E-state index contributed by atoms with van der Waals surface area (Å²) in [5.41, 5.74) is 1.29. The van der Waals surface area contributed by atoms with E-state index >= 15 is 0 Å². The Hall–Kier alpha value is -1.51. The van der Waals surface area contributed by atoms with Crippen LogP contribution in [0, 0.1) is 11.2 Å². The van der Waals surface area contributed by atoms with Crippen molar-refractivity contribution in [1.82, 2.24) is 0 Å². The number of nitrogens with zero attached hydrogens (tertiary/aromatic N) is 1. The predicted octanol–water partition coefficient (Wildman–Crippen LogP) is 2.63. The molecule has 0 saturated heterocycles. The Labute approximate surface area is 76.6 Å². The van der Waals surface area contributed by atoms with E-state index in [1.54, 1.807) is 26.0 Å². The molecule has 68 valence electrons. The molecule has 0 aliphatic rings. The van der Waals surface area contributed by atoms with Crippen LogP contribution in [0.25, 0.3) is 0 Å². The summed E-state index contributed by atoms with van der Waals surface area (Å²) >= 11 is 0. The van der Waals surface area contributed by atoms with Crippen LogP contribution in [0.3, 0.4) is 0 Å². The van der Waals surface area contributed by atoms with Gasteiger partial charge in [0.05, 0.1) is 0 Å². The highest BCUT2D eigenvalue weighted by molar-refractivity contribution is 6.04. The van der Waals surface area contributed by atoms with Gasteiger partial charge in [0.15, 0.2) is 5.84 Å². The maximum absolute atomic E-state index is 12.7. The Morgan fingerprint density at radius 1 is 1.38 bits per heavy atom. The SMILES string of the molecule is CC(C)=NC(=N)c1cccc(F)c1. The summed E-state index contributed by atoms with van der Waals surface area (Å²) in [6.45, 7) is 3.60. The first-order chi connectivity index (χ1) is 6.09. The monoisotopic (exact) mass is 178 g/mol. The number of nitrogens with one attached hydrogen (secondary N) is 1. The van der Waals surface area contributed by atoms with Gasteiger partial charge >= 0.3 is 0 Å². The summed E-state index contributed by atoms with van der Waals surface area (Å²) in [7, 11) is 0. The smallest absolute Gasteiger partial charge is 0.151 e. The largest absolute Gasteiger partial charge is 0.282 e. The lowest BCUT2D eigenvalue weighted by molar-refractivity contribution is 0.627. The first-order valence-electron chi connectivity index (χ1n) is 3.96. The average Bonchev–Trinajstić information content (AvgIpc) is 2.03. The van der Waals surface area contributed by atoms with Crippen LogP contribution in [0.5, 0.6) is 0 Å². The highest BCUT2D eigenvalue weighted by Gasteiger charge is 1.99. The van der Waals surface area contributed by atoms with Gasteiger partial charge in [-0.25, -0.2) is 9.38 Å². The van der Waals surface area contributed by atoms with E-state index in [0.717, 1.165) is 5.71 Å². The maximum atomic E-state index is 12.7. The van der Waals surface area contributed by atoms with Gasteiger partial charge in [0, 0.05) is 11.3 Å². The highest BCUT2D eigenvalue weighted by atomic mass is 19.1. The lowest BCUT2D eigenvalue weighted by Gasteiger charge is -1.98. The number of benzene rings is 1.